The first-order chi connectivity index (χ1) is 8.84. The summed E-state index contributed by atoms with van der Waals surface area (Å²) in [5, 5.41) is 0. The molecule has 2 aromatic carbocycles. The van der Waals surface area contributed by atoms with Gasteiger partial charge in [0, 0.05) is 12.1 Å². The van der Waals surface area contributed by atoms with Gasteiger partial charge in [0.25, 0.3) is 0 Å². The SMILES string of the molecule is N/C(=C1/C=Cc2ccccc2C1)c1ccccc1. The van der Waals surface area contributed by atoms with Gasteiger partial charge in [-0.1, -0.05) is 66.7 Å². The maximum absolute atomic E-state index is 6.26. The van der Waals surface area contributed by atoms with E-state index in [1.165, 1.54) is 16.7 Å². The highest BCUT2D eigenvalue weighted by molar-refractivity contribution is 5.74. The number of benzene rings is 2. The highest BCUT2D eigenvalue weighted by Crippen LogP contribution is 2.26. The van der Waals surface area contributed by atoms with Crippen LogP contribution in [0.1, 0.15) is 16.7 Å². The molecule has 1 aliphatic carbocycles. The van der Waals surface area contributed by atoms with Gasteiger partial charge in [-0.3, -0.25) is 0 Å². The molecule has 0 unspecified atom stereocenters. The van der Waals surface area contributed by atoms with Crippen molar-refractivity contribution in [3.63, 3.8) is 0 Å². The van der Waals surface area contributed by atoms with Crippen LogP contribution in [0.25, 0.3) is 11.8 Å². The minimum atomic E-state index is 0.876. The summed E-state index contributed by atoms with van der Waals surface area (Å²) >= 11 is 0. The number of hydrogen-bond acceptors (Lipinski definition) is 1. The molecule has 0 fully saturated rings. The number of nitrogens with two attached hydrogens (primary N) is 1. The molecule has 2 aromatic rings. The quantitative estimate of drug-likeness (QED) is 0.799. The van der Waals surface area contributed by atoms with Gasteiger partial charge in [-0.15, -0.1) is 0 Å². The van der Waals surface area contributed by atoms with Crippen LogP contribution < -0.4 is 5.73 Å². The zero-order valence-electron chi connectivity index (χ0n) is 10.1. The van der Waals surface area contributed by atoms with E-state index < -0.39 is 0 Å². The lowest BCUT2D eigenvalue weighted by atomic mass is 9.91. The van der Waals surface area contributed by atoms with Gasteiger partial charge in [0.2, 0.25) is 0 Å². The molecule has 0 saturated carbocycles. The van der Waals surface area contributed by atoms with Crippen LogP contribution in [0.2, 0.25) is 0 Å². The molecule has 1 aliphatic rings. The van der Waals surface area contributed by atoms with Gasteiger partial charge in [-0.2, -0.15) is 0 Å². The minimum absolute atomic E-state index is 0.876. The van der Waals surface area contributed by atoms with E-state index in [1.807, 2.05) is 18.2 Å². The Morgan fingerprint density at radius 2 is 1.56 bits per heavy atom. The summed E-state index contributed by atoms with van der Waals surface area (Å²) in [6, 6.07) is 18.6. The molecule has 1 nitrogen and oxygen atoms in total. The Balaban J connectivity index is 2.02. The lowest BCUT2D eigenvalue weighted by molar-refractivity contribution is 1.16. The van der Waals surface area contributed by atoms with E-state index >= 15 is 0 Å². The second-order valence-corrected chi connectivity index (χ2v) is 4.51. The average Bonchev–Trinajstić information content (AvgIpc) is 2.47. The fraction of sp³-hybridized carbons (Fsp3) is 0.0588. The Morgan fingerprint density at radius 3 is 2.39 bits per heavy atom. The van der Waals surface area contributed by atoms with E-state index in [0.717, 1.165) is 17.7 Å². The Labute approximate surface area is 107 Å². The van der Waals surface area contributed by atoms with Gasteiger partial charge in [-0.05, 0) is 22.3 Å². The number of hydrogen-bond donors (Lipinski definition) is 1. The summed E-state index contributed by atoms with van der Waals surface area (Å²) in [5.41, 5.74) is 12.1. The number of rotatable bonds is 1. The highest BCUT2D eigenvalue weighted by atomic mass is 14.6. The first-order valence-corrected chi connectivity index (χ1v) is 6.14. The van der Waals surface area contributed by atoms with Crippen molar-refractivity contribution in [2.75, 3.05) is 0 Å². The third-order valence-electron chi connectivity index (χ3n) is 3.33. The van der Waals surface area contributed by atoms with Gasteiger partial charge in [0.1, 0.15) is 0 Å². The number of allylic oxidation sites excluding steroid dienone is 2. The summed E-state index contributed by atoms with van der Waals surface area (Å²) in [7, 11) is 0. The zero-order valence-corrected chi connectivity index (χ0v) is 10.1. The molecule has 0 aromatic heterocycles. The van der Waals surface area contributed by atoms with E-state index in [9.17, 15) is 0 Å². The second kappa shape index (κ2) is 4.53. The van der Waals surface area contributed by atoms with Crippen molar-refractivity contribution in [3.05, 3.63) is 82.9 Å². The Bertz CT molecular complexity index is 621. The van der Waals surface area contributed by atoms with Gasteiger partial charge in [-0.25, -0.2) is 0 Å². The largest absolute Gasteiger partial charge is 0.398 e. The summed E-state index contributed by atoms with van der Waals surface area (Å²) in [6.07, 6.45) is 5.18. The van der Waals surface area contributed by atoms with E-state index in [-0.39, 0.29) is 0 Å². The molecule has 0 bridgehead atoms. The van der Waals surface area contributed by atoms with E-state index in [0.29, 0.717) is 0 Å². The molecule has 0 heterocycles. The van der Waals surface area contributed by atoms with E-state index in [1.54, 1.807) is 0 Å². The van der Waals surface area contributed by atoms with Crippen LogP contribution >= 0.6 is 0 Å². The minimum Gasteiger partial charge on any atom is -0.398 e. The van der Waals surface area contributed by atoms with Gasteiger partial charge < -0.3 is 5.73 Å². The van der Waals surface area contributed by atoms with E-state index in [4.69, 9.17) is 5.73 Å². The van der Waals surface area contributed by atoms with Crippen LogP contribution in [0.5, 0.6) is 0 Å². The zero-order chi connectivity index (χ0) is 12.4. The van der Waals surface area contributed by atoms with Crippen LogP contribution in [0.15, 0.2) is 66.2 Å². The van der Waals surface area contributed by atoms with Crippen LogP contribution in [-0.2, 0) is 6.42 Å². The number of fused-ring (bicyclic) bond motifs is 1. The maximum Gasteiger partial charge on any atom is 0.0423 e. The summed E-state index contributed by atoms with van der Waals surface area (Å²) in [4.78, 5) is 0. The van der Waals surface area contributed by atoms with Crippen molar-refractivity contribution in [3.8, 4) is 0 Å². The molecule has 0 aliphatic heterocycles. The first-order valence-electron chi connectivity index (χ1n) is 6.14. The molecule has 2 N–H and O–H groups in total. The van der Waals surface area contributed by atoms with Crippen molar-refractivity contribution < 1.29 is 0 Å². The molecule has 0 spiro atoms. The highest BCUT2D eigenvalue weighted by Gasteiger charge is 2.10. The Morgan fingerprint density at radius 1 is 0.833 bits per heavy atom. The van der Waals surface area contributed by atoms with Crippen molar-refractivity contribution >= 4 is 11.8 Å². The third-order valence-corrected chi connectivity index (χ3v) is 3.33. The standard InChI is InChI=1S/C17H15N/c18-17(14-7-2-1-3-8-14)16-11-10-13-6-4-5-9-15(13)12-16/h1-11H,12,18H2/b17-16-. The Hall–Kier alpha value is -2.28. The van der Waals surface area contributed by atoms with Crippen molar-refractivity contribution in [2.24, 2.45) is 5.73 Å². The van der Waals surface area contributed by atoms with Crippen LogP contribution in [0.3, 0.4) is 0 Å². The predicted molar refractivity (Wildman–Crippen MR) is 76.7 cm³/mol. The van der Waals surface area contributed by atoms with Crippen molar-refractivity contribution in [1.29, 1.82) is 0 Å². The predicted octanol–water partition coefficient (Wildman–Crippen LogP) is 3.63. The maximum atomic E-state index is 6.26. The molecular formula is C17H15N. The molecule has 0 amide bonds. The average molecular weight is 233 g/mol. The normalized spacial score (nSPS) is 16.2. The van der Waals surface area contributed by atoms with Crippen molar-refractivity contribution in [2.45, 2.75) is 6.42 Å². The topological polar surface area (TPSA) is 26.0 Å². The fourth-order valence-corrected chi connectivity index (χ4v) is 2.30. The smallest absolute Gasteiger partial charge is 0.0423 e. The van der Waals surface area contributed by atoms with Crippen LogP contribution in [0.4, 0.5) is 0 Å². The molecule has 1 heteroatoms. The van der Waals surface area contributed by atoms with Gasteiger partial charge in [0.05, 0.1) is 0 Å². The van der Waals surface area contributed by atoms with E-state index in [2.05, 4.69) is 48.6 Å². The second-order valence-electron chi connectivity index (χ2n) is 4.51. The summed E-state index contributed by atoms with van der Waals surface area (Å²) < 4.78 is 0. The molecule has 0 radical (unpaired) electrons. The summed E-state index contributed by atoms with van der Waals surface area (Å²) in [6.45, 7) is 0. The molecule has 3 rings (SSSR count). The van der Waals surface area contributed by atoms with Crippen LogP contribution in [-0.4, -0.2) is 0 Å². The monoisotopic (exact) mass is 233 g/mol. The summed E-state index contributed by atoms with van der Waals surface area (Å²) in [5.74, 6) is 0. The van der Waals surface area contributed by atoms with Crippen molar-refractivity contribution in [1.82, 2.24) is 0 Å². The molecular weight excluding hydrogens is 218 g/mol. The van der Waals surface area contributed by atoms with Gasteiger partial charge in [0.15, 0.2) is 0 Å². The molecule has 0 atom stereocenters. The van der Waals surface area contributed by atoms with Crippen LogP contribution in [0, 0.1) is 0 Å². The first kappa shape index (κ1) is 10.8. The Kier molecular flexibility index (Phi) is 2.73. The third kappa shape index (κ3) is 1.95. The fourth-order valence-electron chi connectivity index (χ4n) is 2.30. The van der Waals surface area contributed by atoms with Gasteiger partial charge >= 0.3 is 0 Å². The lowest BCUT2D eigenvalue weighted by Crippen LogP contribution is -2.05. The molecule has 0 saturated heterocycles. The molecule has 88 valence electrons. The molecule has 18 heavy (non-hydrogen) atoms. The lowest BCUT2D eigenvalue weighted by Gasteiger charge is -2.15.